The van der Waals surface area contributed by atoms with E-state index in [1.807, 2.05) is 135 Å². The largest absolute Gasteiger partial charge is 0.338 e. The van der Waals surface area contributed by atoms with Crippen molar-refractivity contribution in [2.45, 2.75) is 97.8 Å². The molecule has 6 N–H and O–H groups in total. The minimum atomic E-state index is -0.691. The number of urea groups is 3. The Balaban J connectivity index is 1.66. The van der Waals surface area contributed by atoms with Crippen LogP contribution in [0.25, 0.3) is 16.7 Å². The Morgan fingerprint density at radius 1 is 0.566 bits per heavy atom. The second kappa shape index (κ2) is 17.9. The third-order valence-corrected chi connectivity index (χ3v) is 9.37. The number of allylic oxidation sites excluding steroid dienone is 3. The smallest absolute Gasteiger partial charge is 0.315 e. The average Bonchev–Trinajstić information content (AvgIpc) is 3.08. The molecular formula is C44H60N6O3. The van der Waals surface area contributed by atoms with Crippen LogP contribution in [0.5, 0.6) is 0 Å². The first kappa shape index (κ1) is 42.1. The highest BCUT2D eigenvalue weighted by atomic mass is 16.2. The fraction of sp³-hybridized carbons (Fsp3) is 0.386. The molecule has 9 nitrogen and oxygen atoms in total. The summed E-state index contributed by atoms with van der Waals surface area (Å²) in [6, 6.07) is 22.4. The number of rotatable bonds is 16. The first-order valence-electron chi connectivity index (χ1n) is 18.2. The molecule has 0 aliphatic heterocycles. The number of benzene rings is 3. The molecule has 53 heavy (non-hydrogen) atoms. The molecule has 0 bridgehead atoms. The summed E-state index contributed by atoms with van der Waals surface area (Å²) in [6.07, 6.45) is 1.05. The van der Waals surface area contributed by atoms with E-state index >= 15 is 0 Å². The van der Waals surface area contributed by atoms with Crippen molar-refractivity contribution in [2.75, 3.05) is 13.1 Å². The van der Waals surface area contributed by atoms with Crippen molar-refractivity contribution in [3.63, 3.8) is 0 Å². The van der Waals surface area contributed by atoms with E-state index in [1.165, 1.54) is 0 Å². The predicted molar refractivity (Wildman–Crippen MR) is 220 cm³/mol. The average molecular weight is 721 g/mol. The molecule has 0 fully saturated rings. The summed E-state index contributed by atoms with van der Waals surface area (Å²) >= 11 is 0. The minimum Gasteiger partial charge on any atom is -0.338 e. The van der Waals surface area contributed by atoms with E-state index < -0.39 is 22.7 Å². The lowest BCUT2D eigenvalue weighted by molar-refractivity contribution is 0.219. The fourth-order valence-electron chi connectivity index (χ4n) is 5.89. The molecule has 1 unspecified atom stereocenters. The lowest BCUT2D eigenvalue weighted by Gasteiger charge is -2.30. The number of carbonyl (C=O) groups excluding carboxylic acids is 3. The molecule has 0 radical (unpaired) electrons. The Hall–Kier alpha value is -5.31. The highest BCUT2D eigenvalue weighted by Crippen LogP contribution is 2.26. The normalized spacial score (nSPS) is 12.2. The monoisotopic (exact) mass is 720 g/mol. The molecule has 0 aliphatic rings. The summed E-state index contributed by atoms with van der Waals surface area (Å²) < 4.78 is 0. The van der Waals surface area contributed by atoms with Gasteiger partial charge in [0.2, 0.25) is 0 Å². The van der Waals surface area contributed by atoms with E-state index in [0.29, 0.717) is 19.4 Å². The van der Waals surface area contributed by atoms with Gasteiger partial charge in [0.25, 0.3) is 0 Å². The van der Waals surface area contributed by atoms with Crippen LogP contribution in [0.3, 0.4) is 0 Å². The van der Waals surface area contributed by atoms with Gasteiger partial charge in [0.15, 0.2) is 0 Å². The fourth-order valence-corrected chi connectivity index (χ4v) is 5.89. The Bertz CT molecular complexity index is 1820. The van der Waals surface area contributed by atoms with Gasteiger partial charge in [-0.1, -0.05) is 91.1 Å². The topological polar surface area (TPSA) is 123 Å². The van der Waals surface area contributed by atoms with Crippen molar-refractivity contribution in [3.05, 3.63) is 126 Å². The molecule has 0 saturated carbocycles. The highest BCUT2D eigenvalue weighted by molar-refractivity contribution is 5.77. The quantitative estimate of drug-likeness (QED) is 0.0829. The van der Waals surface area contributed by atoms with E-state index in [2.05, 4.69) is 51.6 Å². The summed E-state index contributed by atoms with van der Waals surface area (Å²) in [5.41, 5.74) is 6.71. The van der Waals surface area contributed by atoms with Gasteiger partial charge in [0, 0.05) is 19.1 Å². The lowest BCUT2D eigenvalue weighted by Crippen LogP contribution is -2.54. The van der Waals surface area contributed by atoms with Crippen LogP contribution >= 0.6 is 0 Å². The summed E-state index contributed by atoms with van der Waals surface area (Å²) in [5.74, 6) is 0. The van der Waals surface area contributed by atoms with Gasteiger partial charge in [0.05, 0.1) is 16.6 Å². The zero-order chi connectivity index (χ0) is 39.6. The lowest BCUT2D eigenvalue weighted by atomic mass is 9.92. The van der Waals surface area contributed by atoms with Crippen LogP contribution in [-0.2, 0) is 16.6 Å². The number of hydrogen-bond acceptors (Lipinski definition) is 3. The number of nitrogens with one attached hydrogen (secondary N) is 6. The molecule has 6 amide bonds. The van der Waals surface area contributed by atoms with Crippen molar-refractivity contribution < 1.29 is 14.4 Å². The van der Waals surface area contributed by atoms with Gasteiger partial charge in [0.1, 0.15) is 0 Å². The van der Waals surface area contributed by atoms with Crippen molar-refractivity contribution in [1.82, 2.24) is 31.9 Å². The Labute approximate surface area is 317 Å². The van der Waals surface area contributed by atoms with Crippen LogP contribution in [0.4, 0.5) is 14.4 Å². The molecule has 3 aromatic rings. The third-order valence-electron chi connectivity index (χ3n) is 9.37. The first-order chi connectivity index (χ1) is 24.7. The van der Waals surface area contributed by atoms with Crippen LogP contribution in [0, 0.1) is 0 Å². The zero-order valence-electron chi connectivity index (χ0n) is 33.2. The van der Waals surface area contributed by atoms with Crippen LogP contribution in [0.1, 0.15) is 109 Å². The number of hydrogen-bond donors (Lipinski definition) is 6. The molecule has 0 saturated heterocycles. The second-order valence-electron chi connectivity index (χ2n) is 15.6. The van der Waals surface area contributed by atoms with Crippen LogP contribution in [-0.4, -0.2) is 37.2 Å². The molecule has 1 atom stereocenters. The molecule has 9 heteroatoms. The Morgan fingerprint density at radius 3 is 1.30 bits per heavy atom. The van der Waals surface area contributed by atoms with Gasteiger partial charge in [-0.05, 0) is 127 Å². The Morgan fingerprint density at radius 2 is 0.925 bits per heavy atom. The summed E-state index contributed by atoms with van der Waals surface area (Å²) in [5, 5.41) is 18.2. The molecule has 0 heterocycles. The van der Waals surface area contributed by atoms with E-state index in [0.717, 1.165) is 50.1 Å². The van der Waals surface area contributed by atoms with Gasteiger partial charge >= 0.3 is 18.1 Å². The molecule has 3 aromatic carbocycles. The SMILES string of the molecule is C=C(C)c1cccc(C(C)(C)NC(=O)NCCCC(CNC(=O)NC(C)(C)c2cccc(C(=C)C)c2)NC(=O)NC(C)(C)c2cccc(C(=C)C)c2)c1. The van der Waals surface area contributed by atoms with Gasteiger partial charge in [-0.25, -0.2) is 14.4 Å². The van der Waals surface area contributed by atoms with E-state index in [1.54, 1.807) is 0 Å². The van der Waals surface area contributed by atoms with Crippen molar-refractivity contribution in [1.29, 1.82) is 0 Å². The maximum Gasteiger partial charge on any atom is 0.315 e. The van der Waals surface area contributed by atoms with Gasteiger partial charge in [-0.15, -0.1) is 0 Å². The first-order valence-corrected chi connectivity index (χ1v) is 18.2. The molecular weight excluding hydrogens is 661 g/mol. The van der Waals surface area contributed by atoms with E-state index in [-0.39, 0.29) is 24.6 Å². The van der Waals surface area contributed by atoms with Crippen LogP contribution in [0.2, 0.25) is 0 Å². The third kappa shape index (κ3) is 12.7. The molecule has 0 aliphatic carbocycles. The van der Waals surface area contributed by atoms with Crippen molar-refractivity contribution >= 4 is 34.8 Å². The van der Waals surface area contributed by atoms with Crippen LogP contribution in [0.15, 0.2) is 92.5 Å². The highest BCUT2D eigenvalue weighted by Gasteiger charge is 2.27. The zero-order valence-corrected chi connectivity index (χ0v) is 33.2. The van der Waals surface area contributed by atoms with Gasteiger partial charge < -0.3 is 31.9 Å². The molecule has 3 rings (SSSR count). The summed E-state index contributed by atoms with van der Waals surface area (Å²) in [4.78, 5) is 39.6. The van der Waals surface area contributed by atoms with E-state index in [9.17, 15) is 14.4 Å². The van der Waals surface area contributed by atoms with E-state index in [4.69, 9.17) is 0 Å². The number of amides is 6. The number of carbonyl (C=O) groups is 3. The van der Waals surface area contributed by atoms with Crippen molar-refractivity contribution in [3.8, 4) is 0 Å². The minimum absolute atomic E-state index is 0.172. The standard InChI is InChI=1S/C44H60N6O3/c1-29(2)32-17-13-20-35(25-32)42(7,8)48-39(51)45-24-16-23-38(47-41(53)50-44(11,12)37-22-15-19-34(27-37)31(5)6)28-46-40(52)49-43(9,10)36-21-14-18-33(26-36)30(3)4/h13-15,17-22,25-27,38H,1,3,5,16,23-24,28H2,2,4,6-12H3,(H2,45,48,51)(H2,46,49,52)(H2,47,50,53). The maximum atomic E-state index is 13.4. The second-order valence-corrected chi connectivity index (χ2v) is 15.6. The molecule has 0 spiro atoms. The van der Waals surface area contributed by atoms with Crippen LogP contribution < -0.4 is 31.9 Å². The summed E-state index contributed by atoms with van der Waals surface area (Å²) in [6.45, 7) is 30.2. The maximum absolute atomic E-state index is 13.4. The molecule has 284 valence electrons. The van der Waals surface area contributed by atoms with Gasteiger partial charge in [-0.3, -0.25) is 0 Å². The van der Waals surface area contributed by atoms with Gasteiger partial charge in [-0.2, -0.15) is 0 Å². The molecule has 0 aromatic heterocycles. The van der Waals surface area contributed by atoms with Crippen molar-refractivity contribution in [2.24, 2.45) is 0 Å². The predicted octanol–water partition coefficient (Wildman–Crippen LogP) is 8.94. The summed E-state index contributed by atoms with van der Waals surface area (Å²) in [7, 11) is 0. The Kier molecular flexibility index (Phi) is 14.3.